The summed E-state index contributed by atoms with van der Waals surface area (Å²) in [6.07, 6.45) is 0.964. The van der Waals surface area contributed by atoms with Gasteiger partial charge in [0.2, 0.25) is 0 Å². The molecule has 2 aliphatic rings. The molecule has 0 bridgehead atoms. The van der Waals surface area contributed by atoms with Gasteiger partial charge in [0, 0.05) is 26.2 Å². The summed E-state index contributed by atoms with van der Waals surface area (Å²) in [5, 5.41) is 4.40. The molecule has 0 aromatic heterocycles. The third-order valence-electron chi connectivity index (χ3n) is 4.58. The molecule has 0 saturated carbocycles. The number of likely N-dealkylation sites (N-methyl/N-ethyl adjacent to an activating group) is 1. The van der Waals surface area contributed by atoms with Gasteiger partial charge < -0.3 is 14.6 Å². The highest BCUT2D eigenvalue weighted by Crippen LogP contribution is 2.38. The van der Waals surface area contributed by atoms with Gasteiger partial charge in [0.05, 0.1) is 6.42 Å². The average Bonchev–Trinajstić information content (AvgIpc) is 2.88. The SMILES string of the molecule is CC.CC(C)C1(C(C)C)CC(N2CCN(C)CC2)=NO1. The van der Waals surface area contributed by atoms with Crippen LogP contribution in [0.1, 0.15) is 48.0 Å². The number of piperazine rings is 1. The Morgan fingerprint density at radius 3 is 1.90 bits per heavy atom. The number of rotatable bonds is 2. The van der Waals surface area contributed by atoms with Crippen LogP contribution >= 0.6 is 0 Å². The van der Waals surface area contributed by atoms with Gasteiger partial charge in [-0.3, -0.25) is 0 Å². The number of oxime groups is 1. The Hall–Kier alpha value is -0.770. The highest BCUT2D eigenvalue weighted by Gasteiger charge is 2.46. The minimum atomic E-state index is -0.0985. The van der Waals surface area contributed by atoms with Crippen LogP contribution in [0.2, 0.25) is 0 Å². The van der Waals surface area contributed by atoms with E-state index < -0.39 is 0 Å². The molecule has 2 rings (SSSR count). The van der Waals surface area contributed by atoms with Gasteiger partial charge in [-0.25, -0.2) is 0 Å². The lowest BCUT2D eigenvalue weighted by molar-refractivity contribution is -0.0869. The van der Waals surface area contributed by atoms with Crippen molar-refractivity contribution in [1.29, 1.82) is 0 Å². The molecule has 0 N–H and O–H groups in total. The third kappa shape index (κ3) is 3.46. The molecule has 0 aromatic rings. The van der Waals surface area contributed by atoms with E-state index in [0.717, 1.165) is 38.4 Å². The maximum atomic E-state index is 5.89. The molecule has 0 aliphatic carbocycles. The highest BCUT2D eigenvalue weighted by atomic mass is 16.7. The first-order valence-corrected chi connectivity index (χ1v) is 8.14. The average molecular weight is 283 g/mol. The van der Waals surface area contributed by atoms with E-state index >= 15 is 0 Å². The van der Waals surface area contributed by atoms with E-state index in [1.165, 1.54) is 0 Å². The van der Waals surface area contributed by atoms with Gasteiger partial charge >= 0.3 is 0 Å². The molecule has 1 saturated heterocycles. The lowest BCUT2D eigenvalue weighted by atomic mass is 9.78. The minimum Gasteiger partial charge on any atom is -0.387 e. The summed E-state index contributed by atoms with van der Waals surface area (Å²) >= 11 is 0. The van der Waals surface area contributed by atoms with E-state index in [1.807, 2.05) is 13.8 Å². The summed E-state index contributed by atoms with van der Waals surface area (Å²) in [4.78, 5) is 10.7. The molecule has 1 fully saturated rings. The van der Waals surface area contributed by atoms with E-state index in [2.05, 4.69) is 49.7 Å². The van der Waals surface area contributed by atoms with Crippen molar-refractivity contribution in [3.05, 3.63) is 0 Å². The maximum absolute atomic E-state index is 5.89. The molecule has 0 atom stereocenters. The zero-order chi connectivity index (χ0) is 15.3. The monoisotopic (exact) mass is 283 g/mol. The van der Waals surface area contributed by atoms with Crippen molar-refractivity contribution < 1.29 is 4.84 Å². The quantitative estimate of drug-likeness (QED) is 0.780. The zero-order valence-electron chi connectivity index (χ0n) is 14.4. The van der Waals surface area contributed by atoms with Crippen LogP contribution in [-0.4, -0.2) is 54.5 Å². The second-order valence-corrected chi connectivity index (χ2v) is 6.33. The van der Waals surface area contributed by atoms with Crippen LogP contribution in [0.25, 0.3) is 0 Å². The molecule has 4 heteroatoms. The van der Waals surface area contributed by atoms with Gasteiger partial charge in [0.1, 0.15) is 11.4 Å². The fraction of sp³-hybridized carbons (Fsp3) is 0.938. The summed E-state index contributed by atoms with van der Waals surface area (Å²) in [6, 6.07) is 0. The summed E-state index contributed by atoms with van der Waals surface area (Å²) in [7, 11) is 2.18. The molecule has 20 heavy (non-hydrogen) atoms. The molecular weight excluding hydrogens is 250 g/mol. The highest BCUT2D eigenvalue weighted by molar-refractivity contribution is 5.84. The second-order valence-electron chi connectivity index (χ2n) is 6.33. The van der Waals surface area contributed by atoms with Gasteiger partial charge in [-0.15, -0.1) is 0 Å². The molecule has 2 aliphatic heterocycles. The molecular formula is C16H33N3O. The van der Waals surface area contributed by atoms with Crippen molar-refractivity contribution in [3.63, 3.8) is 0 Å². The molecule has 0 amide bonds. The molecule has 0 radical (unpaired) electrons. The zero-order valence-corrected chi connectivity index (χ0v) is 14.4. The number of amidine groups is 1. The van der Waals surface area contributed by atoms with E-state index in [0.29, 0.717) is 11.8 Å². The van der Waals surface area contributed by atoms with E-state index in [4.69, 9.17) is 4.84 Å². The van der Waals surface area contributed by atoms with Crippen LogP contribution in [0, 0.1) is 11.8 Å². The standard InChI is InChI=1S/C14H27N3O.C2H6/c1-11(2)14(12(3)4)10-13(15-18-14)17-8-6-16(5)7-9-17;1-2/h11-12H,6-10H2,1-5H3;1-2H3. The molecule has 2 heterocycles. The Labute approximate surface area is 125 Å². The van der Waals surface area contributed by atoms with Crippen LogP contribution in [0.15, 0.2) is 5.16 Å². The smallest absolute Gasteiger partial charge is 0.149 e. The first-order valence-electron chi connectivity index (χ1n) is 8.14. The van der Waals surface area contributed by atoms with E-state index in [1.54, 1.807) is 0 Å². The second kappa shape index (κ2) is 7.30. The lowest BCUT2D eigenvalue weighted by Crippen LogP contribution is -2.49. The van der Waals surface area contributed by atoms with E-state index in [9.17, 15) is 0 Å². The van der Waals surface area contributed by atoms with Crippen LogP contribution in [0.3, 0.4) is 0 Å². The van der Waals surface area contributed by atoms with Crippen LogP contribution in [0.5, 0.6) is 0 Å². The molecule has 0 aromatic carbocycles. The summed E-state index contributed by atoms with van der Waals surface area (Å²) in [5.74, 6) is 2.14. The van der Waals surface area contributed by atoms with Crippen LogP contribution in [0.4, 0.5) is 0 Å². The summed E-state index contributed by atoms with van der Waals surface area (Å²) < 4.78 is 0. The maximum Gasteiger partial charge on any atom is 0.149 e. The lowest BCUT2D eigenvalue weighted by Gasteiger charge is -2.36. The van der Waals surface area contributed by atoms with Crippen molar-refractivity contribution >= 4 is 5.84 Å². The summed E-state index contributed by atoms with van der Waals surface area (Å²) in [6.45, 7) is 17.3. The predicted molar refractivity (Wildman–Crippen MR) is 86.0 cm³/mol. The number of hydrogen-bond acceptors (Lipinski definition) is 4. The van der Waals surface area contributed by atoms with Gasteiger partial charge in [-0.05, 0) is 18.9 Å². The molecule has 118 valence electrons. The fourth-order valence-electron chi connectivity index (χ4n) is 2.97. The normalized spacial score (nSPS) is 22.4. The Balaban J connectivity index is 0.000000956. The fourth-order valence-corrected chi connectivity index (χ4v) is 2.97. The van der Waals surface area contributed by atoms with Crippen molar-refractivity contribution in [2.75, 3.05) is 33.2 Å². The Morgan fingerprint density at radius 1 is 1.00 bits per heavy atom. The van der Waals surface area contributed by atoms with Crippen molar-refractivity contribution in [2.45, 2.75) is 53.6 Å². The first-order chi connectivity index (χ1) is 9.45. The third-order valence-corrected chi connectivity index (χ3v) is 4.58. The largest absolute Gasteiger partial charge is 0.387 e. The van der Waals surface area contributed by atoms with Crippen molar-refractivity contribution in [3.8, 4) is 0 Å². The molecule has 4 nitrogen and oxygen atoms in total. The Kier molecular flexibility index (Phi) is 6.31. The van der Waals surface area contributed by atoms with Crippen molar-refractivity contribution in [1.82, 2.24) is 9.80 Å². The first kappa shape index (κ1) is 17.3. The van der Waals surface area contributed by atoms with Gasteiger partial charge in [0.25, 0.3) is 0 Å². The summed E-state index contributed by atoms with van der Waals surface area (Å²) in [5.41, 5.74) is -0.0985. The van der Waals surface area contributed by atoms with E-state index in [-0.39, 0.29) is 5.60 Å². The number of hydrogen-bond donors (Lipinski definition) is 0. The number of nitrogens with zero attached hydrogens (tertiary/aromatic N) is 3. The Morgan fingerprint density at radius 2 is 1.50 bits per heavy atom. The van der Waals surface area contributed by atoms with Gasteiger partial charge in [-0.2, -0.15) is 0 Å². The topological polar surface area (TPSA) is 28.1 Å². The van der Waals surface area contributed by atoms with Gasteiger partial charge in [-0.1, -0.05) is 46.7 Å². The van der Waals surface area contributed by atoms with Gasteiger partial charge in [0.15, 0.2) is 0 Å². The Bertz CT molecular complexity index is 310. The van der Waals surface area contributed by atoms with Crippen LogP contribution < -0.4 is 0 Å². The molecule has 0 unspecified atom stereocenters. The van der Waals surface area contributed by atoms with Crippen LogP contribution in [-0.2, 0) is 4.84 Å². The predicted octanol–water partition coefficient (Wildman–Crippen LogP) is 3.04. The molecule has 0 spiro atoms. The van der Waals surface area contributed by atoms with Crippen molar-refractivity contribution in [2.24, 2.45) is 17.0 Å². The minimum absolute atomic E-state index is 0.0985.